The summed E-state index contributed by atoms with van der Waals surface area (Å²) in [5.41, 5.74) is 0.183. The van der Waals surface area contributed by atoms with Gasteiger partial charge in [-0.3, -0.25) is 5.32 Å². The minimum Gasteiger partial charge on any atom is -0.490 e. The number of rotatable bonds is 7. The van der Waals surface area contributed by atoms with Crippen molar-refractivity contribution in [2.45, 2.75) is 12.6 Å². The van der Waals surface area contributed by atoms with E-state index in [2.05, 4.69) is 11.9 Å². The molecule has 1 N–H and O–H groups in total. The lowest BCUT2D eigenvalue weighted by Gasteiger charge is -2.32. The first-order valence-corrected chi connectivity index (χ1v) is 7.04. The van der Waals surface area contributed by atoms with Crippen molar-refractivity contribution in [1.82, 2.24) is 5.32 Å². The van der Waals surface area contributed by atoms with Gasteiger partial charge in [0, 0.05) is 5.56 Å². The fourth-order valence-electron chi connectivity index (χ4n) is 2.18. The van der Waals surface area contributed by atoms with E-state index in [1.165, 1.54) is 0 Å². The molecule has 0 bridgehead atoms. The second kappa shape index (κ2) is 6.95. The van der Waals surface area contributed by atoms with Gasteiger partial charge in [-0.2, -0.15) is 0 Å². The van der Waals surface area contributed by atoms with Gasteiger partial charge in [-0.15, -0.1) is 0 Å². The summed E-state index contributed by atoms with van der Waals surface area (Å²) in [5.74, 6) is 1.40. The third kappa shape index (κ3) is 3.26. The van der Waals surface area contributed by atoms with E-state index in [0.29, 0.717) is 12.4 Å². The normalized spacial score (nSPS) is 13.2. The molecule has 0 aliphatic rings. The molecule has 0 heterocycles. The zero-order valence-corrected chi connectivity index (χ0v) is 12.5. The van der Waals surface area contributed by atoms with E-state index in [1.807, 2.05) is 68.6 Å². The van der Waals surface area contributed by atoms with Gasteiger partial charge >= 0.3 is 0 Å². The Labute approximate surface area is 126 Å². The smallest absolute Gasteiger partial charge is 0.206 e. The van der Waals surface area contributed by atoms with Crippen LogP contribution in [0.5, 0.6) is 11.5 Å². The summed E-state index contributed by atoms with van der Waals surface area (Å²) in [5, 5.41) is 3.20. The lowest BCUT2D eigenvalue weighted by atomic mass is 10.0. The van der Waals surface area contributed by atoms with E-state index >= 15 is 0 Å². The molecule has 0 saturated carbocycles. The second-order valence-corrected chi connectivity index (χ2v) is 4.54. The lowest BCUT2D eigenvalue weighted by molar-refractivity contribution is 0.0847. The van der Waals surface area contributed by atoms with Crippen LogP contribution in [0.15, 0.2) is 67.3 Å². The van der Waals surface area contributed by atoms with E-state index < -0.39 is 5.72 Å². The molecule has 2 rings (SSSR count). The highest BCUT2D eigenvalue weighted by Crippen LogP contribution is 2.33. The van der Waals surface area contributed by atoms with Gasteiger partial charge in [0.05, 0.1) is 6.61 Å². The van der Waals surface area contributed by atoms with E-state index in [0.717, 1.165) is 11.3 Å². The van der Waals surface area contributed by atoms with Gasteiger partial charge < -0.3 is 9.47 Å². The highest BCUT2D eigenvalue weighted by atomic mass is 16.5. The number of hydrogen-bond donors (Lipinski definition) is 1. The zero-order valence-electron chi connectivity index (χ0n) is 12.5. The van der Waals surface area contributed by atoms with Crippen molar-refractivity contribution in [3.63, 3.8) is 0 Å². The first kappa shape index (κ1) is 15.1. The molecule has 0 fully saturated rings. The topological polar surface area (TPSA) is 30.5 Å². The summed E-state index contributed by atoms with van der Waals surface area (Å²) in [6.07, 6.45) is 1.76. The molecule has 21 heavy (non-hydrogen) atoms. The first-order chi connectivity index (χ1) is 10.3. The first-order valence-electron chi connectivity index (χ1n) is 7.04. The van der Waals surface area contributed by atoms with Crippen LogP contribution in [0.25, 0.3) is 0 Å². The van der Waals surface area contributed by atoms with Crippen LogP contribution in [-0.2, 0) is 5.72 Å². The van der Waals surface area contributed by atoms with Crippen molar-refractivity contribution in [3.05, 3.63) is 72.8 Å². The van der Waals surface area contributed by atoms with Gasteiger partial charge in [0.2, 0.25) is 5.72 Å². The largest absolute Gasteiger partial charge is 0.490 e. The fraction of sp³-hybridized carbons (Fsp3) is 0.222. The van der Waals surface area contributed by atoms with E-state index in [9.17, 15) is 0 Å². The molecule has 0 aliphatic heterocycles. The second-order valence-electron chi connectivity index (χ2n) is 4.54. The Balaban J connectivity index is 2.39. The maximum absolute atomic E-state index is 6.22. The highest BCUT2D eigenvalue weighted by Gasteiger charge is 2.30. The average Bonchev–Trinajstić information content (AvgIpc) is 2.55. The average molecular weight is 283 g/mol. The van der Waals surface area contributed by atoms with Crippen LogP contribution < -0.4 is 14.8 Å². The molecule has 1 unspecified atom stereocenters. The predicted molar refractivity (Wildman–Crippen MR) is 85.6 cm³/mol. The SMILES string of the molecule is C=CC(NC)(Oc1ccccc1OCC)c1ccccc1. The van der Waals surface area contributed by atoms with Crippen molar-refractivity contribution in [2.24, 2.45) is 0 Å². The molecule has 3 heteroatoms. The van der Waals surface area contributed by atoms with E-state index in [1.54, 1.807) is 6.08 Å². The summed E-state index contributed by atoms with van der Waals surface area (Å²) in [7, 11) is 1.85. The summed E-state index contributed by atoms with van der Waals surface area (Å²) in [4.78, 5) is 0. The van der Waals surface area contributed by atoms with Crippen LogP contribution in [0.1, 0.15) is 12.5 Å². The summed E-state index contributed by atoms with van der Waals surface area (Å²) in [6.45, 7) is 6.46. The molecule has 2 aromatic rings. The van der Waals surface area contributed by atoms with Crippen molar-refractivity contribution in [2.75, 3.05) is 13.7 Å². The standard InChI is InChI=1S/C18H21NO2/c1-4-18(19-3,15-11-7-6-8-12-15)21-17-14-10-9-13-16(17)20-5-2/h4,6-14,19H,1,5H2,2-3H3. The third-order valence-electron chi connectivity index (χ3n) is 3.28. The third-order valence-corrected chi connectivity index (χ3v) is 3.28. The molecule has 3 nitrogen and oxygen atoms in total. The van der Waals surface area contributed by atoms with Crippen LogP contribution in [-0.4, -0.2) is 13.7 Å². The molecule has 0 amide bonds. The molecule has 0 radical (unpaired) electrons. The van der Waals surface area contributed by atoms with Crippen LogP contribution in [0, 0.1) is 0 Å². The fourth-order valence-corrected chi connectivity index (χ4v) is 2.18. The Morgan fingerprint density at radius 1 is 1.05 bits per heavy atom. The summed E-state index contributed by atoms with van der Waals surface area (Å²) >= 11 is 0. The molecule has 110 valence electrons. The number of nitrogens with one attached hydrogen (secondary N) is 1. The Kier molecular flexibility index (Phi) is 5.01. The molecule has 0 saturated heterocycles. The Bertz CT molecular complexity index is 583. The maximum atomic E-state index is 6.22. The maximum Gasteiger partial charge on any atom is 0.206 e. The molecule has 2 aromatic carbocycles. The van der Waals surface area contributed by atoms with Gasteiger partial charge in [-0.1, -0.05) is 49.0 Å². The summed E-state index contributed by atoms with van der Waals surface area (Å²) in [6, 6.07) is 17.6. The number of likely N-dealkylation sites (N-methyl/N-ethyl adjacent to an activating group) is 1. The molecular formula is C18H21NO2. The van der Waals surface area contributed by atoms with Gasteiger partial charge in [-0.25, -0.2) is 0 Å². The van der Waals surface area contributed by atoms with E-state index in [4.69, 9.17) is 9.47 Å². The Morgan fingerprint density at radius 2 is 1.67 bits per heavy atom. The van der Waals surface area contributed by atoms with Crippen molar-refractivity contribution in [3.8, 4) is 11.5 Å². The predicted octanol–water partition coefficient (Wildman–Crippen LogP) is 3.72. The molecular weight excluding hydrogens is 262 g/mol. The van der Waals surface area contributed by atoms with Crippen LogP contribution >= 0.6 is 0 Å². The van der Waals surface area contributed by atoms with Gasteiger partial charge in [0.1, 0.15) is 0 Å². The lowest BCUT2D eigenvalue weighted by Crippen LogP contribution is -2.43. The van der Waals surface area contributed by atoms with Gasteiger partial charge in [0.25, 0.3) is 0 Å². The van der Waals surface area contributed by atoms with Gasteiger partial charge in [-0.05, 0) is 32.2 Å². The monoisotopic (exact) mass is 283 g/mol. The molecule has 0 aliphatic carbocycles. The number of ether oxygens (including phenoxy) is 2. The van der Waals surface area contributed by atoms with E-state index in [-0.39, 0.29) is 0 Å². The quantitative estimate of drug-likeness (QED) is 0.620. The number of hydrogen-bond acceptors (Lipinski definition) is 3. The molecule has 0 aromatic heterocycles. The van der Waals surface area contributed by atoms with Crippen LogP contribution in [0.4, 0.5) is 0 Å². The van der Waals surface area contributed by atoms with Gasteiger partial charge in [0.15, 0.2) is 11.5 Å². The Morgan fingerprint density at radius 3 is 2.24 bits per heavy atom. The van der Waals surface area contributed by atoms with Crippen molar-refractivity contribution < 1.29 is 9.47 Å². The Hall–Kier alpha value is -2.26. The van der Waals surface area contributed by atoms with Crippen LogP contribution in [0.3, 0.4) is 0 Å². The number of benzene rings is 2. The zero-order chi connectivity index (χ0) is 15.1. The minimum atomic E-state index is -0.797. The van der Waals surface area contributed by atoms with Crippen molar-refractivity contribution >= 4 is 0 Å². The van der Waals surface area contributed by atoms with Crippen LogP contribution in [0.2, 0.25) is 0 Å². The van der Waals surface area contributed by atoms with Crippen molar-refractivity contribution in [1.29, 1.82) is 0 Å². The molecule has 0 spiro atoms. The highest BCUT2D eigenvalue weighted by molar-refractivity contribution is 5.41. The summed E-state index contributed by atoms with van der Waals surface area (Å²) < 4.78 is 11.8. The number of para-hydroxylation sites is 2. The molecule has 1 atom stereocenters. The minimum absolute atomic E-state index is 0.590.